The van der Waals surface area contributed by atoms with Gasteiger partial charge in [-0.1, -0.05) is 38.1 Å². The molecule has 9 heteroatoms. The van der Waals surface area contributed by atoms with E-state index >= 15 is 0 Å². The number of fused-ring (bicyclic) bond motifs is 1. The Kier molecular flexibility index (Phi) is 7.23. The highest BCUT2D eigenvalue weighted by molar-refractivity contribution is 7.89. The molecular formula is C25H32N4O4S. The molecule has 1 fully saturated rings. The molecule has 34 heavy (non-hydrogen) atoms. The van der Waals surface area contributed by atoms with Gasteiger partial charge in [-0.05, 0) is 49.6 Å². The second-order valence-electron chi connectivity index (χ2n) is 8.61. The van der Waals surface area contributed by atoms with Crippen molar-refractivity contribution in [3.8, 4) is 0 Å². The van der Waals surface area contributed by atoms with Gasteiger partial charge in [0.05, 0.1) is 10.9 Å². The summed E-state index contributed by atoms with van der Waals surface area (Å²) in [6, 6.07) is 14.9. The third-order valence-electron chi connectivity index (χ3n) is 6.50. The van der Waals surface area contributed by atoms with E-state index in [4.69, 9.17) is 4.42 Å². The van der Waals surface area contributed by atoms with Gasteiger partial charge in [0.1, 0.15) is 5.52 Å². The highest BCUT2D eigenvalue weighted by atomic mass is 32.2. The molecule has 3 aromatic rings. The Morgan fingerprint density at radius 3 is 2.38 bits per heavy atom. The normalized spacial score (nSPS) is 16.2. The molecule has 1 aromatic heterocycles. The molecule has 1 aliphatic heterocycles. The first-order valence-corrected chi connectivity index (χ1v) is 13.3. The number of piperidine rings is 1. The second kappa shape index (κ2) is 10.1. The molecule has 2 aromatic carbocycles. The molecule has 1 N–H and O–H groups in total. The summed E-state index contributed by atoms with van der Waals surface area (Å²) in [5, 5.41) is 3.09. The molecule has 0 radical (unpaired) electrons. The van der Waals surface area contributed by atoms with Crippen LogP contribution >= 0.6 is 0 Å². The number of nitrogens with one attached hydrogen (secondary N) is 1. The summed E-state index contributed by atoms with van der Waals surface area (Å²) in [4.78, 5) is 19.8. The number of hydrogen-bond acceptors (Lipinski definition) is 6. The fourth-order valence-electron chi connectivity index (χ4n) is 4.38. The van der Waals surface area contributed by atoms with Gasteiger partial charge in [0.2, 0.25) is 15.9 Å². The molecule has 1 atom stereocenters. The summed E-state index contributed by atoms with van der Waals surface area (Å²) in [5.74, 6) is -0.0602. The molecule has 8 nitrogen and oxygen atoms in total. The number of carbonyl (C=O) groups excluding carboxylic acids is 1. The van der Waals surface area contributed by atoms with Crippen LogP contribution in [0.15, 0.2) is 57.8 Å². The van der Waals surface area contributed by atoms with E-state index in [-0.39, 0.29) is 22.8 Å². The molecule has 1 amide bonds. The van der Waals surface area contributed by atoms with Gasteiger partial charge >= 0.3 is 0 Å². The lowest BCUT2D eigenvalue weighted by Gasteiger charge is -2.30. The maximum Gasteiger partial charge on any atom is 0.298 e. The van der Waals surface area contributed by atoms with E-state index in [1.165, 1.54) is 4.31 Å². The number of sulfonamides is 1. The van der Waals surface area contributed by atoms with Crippen molar-refractivity contribution in [3.63, 3.8) is 0 Å². The van der Waals surface area contributed by atoms with E-state index in [2.05, 4.69) is 15.2 Å². The molecule has 0 aliphatic carbocycles. The fourth-order valence-corrected chi connectivity index (χ4v) is 5.84. The van der Waals surface area contributed by atoms with E-state index in [0.29, 0.717) is 32.2 Å². The van der Waals surface area contributed by atoms with Crippen molar-refractivity contribution in [2.45, 2.75) is 44.6 Å². The second-order valence-corrected chi connectivity index (χ2v) is 10.6. The van der Waals surface area contributed by atoms with Crippen LogP contribution in [-0.4, -0.2) is 49.8 Å². The number of anilines is 1. The smallest absolute Gasteiger partial charge is 0.298 e. The minimum absolute atomic E-state index is 0.0181. The van der Waals surface area contributed by atoms with E-state index in [1.54, 1.807) is 24.3 Å². The highest BCUT2D eigenvalue weighted by Gasteiger charge is 2.28. The number of rotatable bonds is 8. The van der Waals surface area contributed by atoms with Gasteiger partial charge in [0.25, 0.3) is 6.01 Å². The van der Waals surface area contributed by atoms with Gasteiger partial charge < -0.3 is 14.6 Å². The third-order valence-corrected chi connectivity index (χ3v) is 8.57. The predicted octanol–water partition coefficient (Wildman–Crippen LogP) is 3.95. The molecule has 4 rings (SSSR count). The van der Waals surface area contributed by atoms with Crippen molar-refractivity contribution in [2.75, 3.05) is 31.1 Å². The Labute approximate surface area is 201 Å². The van der Waals surface area contributed by atoms with E-state index in [0.717, 1.165) is 29.5 Å². The van der Waals surface area contributed by atoms with Crippen LogP contribution in [0.3, 0.4) is 0 Å². The molecule has 182 valence electrons. The molecule has 1 aliphatic rings. The highest BCUT2D eigenvalue weighted by Crippen LogP contribution is 2.27. The molecule has 0 bridgehead atoms. The summed E-state index contributed by atoms with van der Waals surface area (Å²) < 4.78 is 32.6. The van der Waals surface area contributed by atoms with Crippen molar-refractivity contribution in [1.29, 1.82) is 0 Å². The number of amides is 1. The maximum absolute atomic E-state index is 12.9. The van der Waals surface area contributed by atoms with Crippen LogP contribution < -0.4 is 10.2 Å². The van der Waals surface area contributed by atoms with E-state index in [9.17, 15) is 13.2 Å². The fraction of sp³-hybridized carbons (Fsp3) is 0.440. The van der Waals surface area contributed by atoms with Gasteiger partial charge in [0.15, 0.2) is 5.58 Å². The van der Waals surface area contributed by atoms with Crippen LogP contribution in [0.4, 0.5) is 6.01 Å². The average Bonchev–Trinajstić information content (AvgIpc) is 3.29. The van der Waals surface area contributed by atoms with E-state index < -0.39 is 10.0 Å². The van der Waals surface area contributed by atoms with Crippen LogP contribution in [0.5, 0.6) is 0 Å². The minimum atomic E-state index is -3.49. The van der Waals surface area contributed by atoms with E-state index in [1.807, 2.05) is 45.0 Å². The summed E-state index contributed by atoms with van der Waals surface area (Å²) in [6.45, 7) is 7.83. The Morgan fingerprint density at radius 1 is 1.12 bits per heavy atom. The van der Waals surface area contributed by atoms with Crippen molar-refractivity contribution >= 4 is 33.0 Å². The molecule has 0 saturated carbocycles. The lowest BCUT2D eigenvalue weighted by molar-refractivity contribution is -0.126. The molecule has 1 saturated heterocycles. The van der Waals surface area contributed by atoms with Crippen molar-refractivity contribution < 1.29 is 17.6 Å². The Balaban J connectivity index is 1.33. The van der Waals surface area contributed by atoms with Gasteiger partial charge in [-0.2, -0.15) is 9.29 Å². The van der Waals surface area contributed by atoms with Gasteiger partial charge in [-0.3, -0.25) is 4.79 Å². The zero-order valence-corrected chi connectivity index (χ0v) is 20.7. The maximum atomic E-state index is 12.9. The lowest BCUT2D eigenvalue weighted by Crippen LogP contribution is -2.41. The zero-order valence-electron chi connectivity index (χ0n) is 19.9. The first-order chi connectivity index (χ1) is 16.3. The quantitative estimate of drug-likeness (QED) is 0.520. The van der Waals surface area contributed by atoms with Crippen molar-refractivity contribution in [2.24, 2.45) is 5.92 Å². The summed E-state index contributed by atoms with van der Waals surface area (Å²) in [7, 11) is -3.49. The minimum Gasteiger partial charge on any atom is -0.423 e. The Hall–Kier alpha value is -2.91. The number of para-hydroxylation sites is 2. The van der Waals surface area contributed by atoms with Crippen molar-refractivity contribution in [1.82, 2.24) is 14.6 Å². The lowest BCUT2D eigenvalue weighted by atomic mass is 9.95. The van der Waals surface area contributed by atoms with Crippen LogP contribution in [-0.2, 0) is 14.8 Å². The number of nitrogens with zero attached hydrogens (tertiary/aromatic N) is 3. The summed E-state index contributed by atoms with van der Waals surface area (Å²) in [5.41, 5.74) is 2.47. The molecule has 0 spiro atoms. The SMILES string of the molecule is CCN(CC)S(=O)(=O)c1ccc(C(C)NC(=O)C2CCN(c3nc4ccccc4o3)CC2)cc1. The summed E-state index contributed by atoms with van der Waals surface area (Å²) >= 11 is 0. The number of carbonyl (C=O) groups is 1. The predicted molar refractivity (Wildman–Crippen MR) is 132 cm³/mol. The summed E-state index contributed by atoms with van der Waals surface area (Å²) in [6.07, 6.45) is 1.44. The number of oxazole rings is 1. The van der Waals surface area contributed by atoms with Gasteiger partial charge in [-0.15, -0.1) is 0 Å². The number of hydrogen-bond donors (Lipinski definition) is 1. The number of aromatic nitrogens is 1. The molecule has 1 unspecified atom stereocenters. The molecule has 2 heterocycles. The first kappa shape index (κ1) is 24.2. The zero-order chi connectivity index (χ0) is 24.3. The number of benzene rings is 2. The van der Waals surface area contributed by atoms with Crippen molar-refractivity contribution in [3.05, 3.63) is 54.1 Å². The van der Waals surface area contributed by atoms with Gasteiger partial charge in [0, 0.05) is 32.1 Å². The average molecular weight is 485 g/mol. The van der Waals surface area contributed by atoms with Crippen LogP contribution in [0.2, 0.25) is 0 Å². The Bertz CT molecular complexity index is 1190. The molecular weight excluding hydrogens is 452 g/mol. The van der Waals surface area contributed by atoms with Crippen LogP contribution in [0, 0.1) is 5.92 Å². The largest absolute Gasteiger partial charge is 0.423 e. The standard InChI is InChI=1S/C25H32N4O4S/c1-4-29(5-2)34(31,32)21-12-10-19(11-13-21)18(3)26-24(30)20-14-16-28(17-15-20)25-27-22-8-6-7-9-23(22)33-25/h6-13,18,20H,4-5,14-17H2,1-3H3,(H,26,30). The monoisotopic (exact) mass is 484 g/mol. The Morgan fingerprint density at radius 2 is 1.76 bits per heavy atom. The first-order valence-electron chi connectivity index (χ1n) is 11.8. The van der Waals surface area contributed by atoms with Crippen LogP contribution in [0.25, 0.3) is 11.1 Å². The third kappa shape index (κ3) is 4.95. The topological polar surface area (TPSA) is 95.8 Å². The van der Waals surface area contributed by atoms with Gasteiger partial charge in [-0.25, -0.2) is 8.42 Å². The van der Waals surface area contributed by atoms with Crippen LogP contribution in [0.1, 0.15) is 45.2 Å².